The Morgan fingerprint density at radius 1 is 1.00 bits per heavy atom. The molecule has 6 nitrogen and oxygen atoms in total. The fourth-order valence-electron chi connectivity index (χ4n) is 2.10. The van der Waals surface area contributed by atoms with E-state index >= 15 is 0 Å². The number of ether oxygens (including phenoxy) is 3. The zero-order valence-corrected chi connectivity index (χ0v) is 15.6. The molecule has 0 aliphatic heterocycles. The molecule has 1 aromatic carbocycles. The average Bonchev–Trinajstić information content (AvgIpc) is 2.67. The molecule has 0 amide bonds. The number of aromatic nitrogens is 2. The summed E-state index contributed by atoms with van der Waals surface area (Å²) in [6, 6.07) is 7.06. The lowest BCUT2D eigenvalue weighted by Gasteiger charge is -2.12. The fourth-order valence-corrected chi connectivity index (χ4v) is 2.10. The number of hydrogen-bond acceptors (Lipinski definition) is 6. The number of esters is 1. The van der Waals surface area contributed by atoms with Crippen molar-refractivity contribution < 1.29 is 19.0 Å². The maximum absolute atomic E-state index is 12.0. The average molecular weight is 358 g/mol. The summed E-state index contributed by atoms with van der Waals surface area (Å²) in [7, 11) is 0. The lowest BCUT2D eigenvalue weighted by molar-refractivity contribution is -0.146. The van der Waals surface area contributed by atoms with E-state index in [-0.39, 0.29) is 0 Å². The van der Waals surface area contributed by atoms with Gasteiger partial charge in [0.2, 0.25) is 0 Å². The van der Waals surface area contributed by atoms with Crippen LogP contribution in [-0.2, 0) is 9.53 Å². The van der Waals surface area contributed by atoms with E-state index in [1.54, 1.807) is 31.5 Å². The van der Waals surface area contributed by atoms with Gasteiger partial charge in [0.05, 0.1) is 19.0 Å². The van der Waals surface area contributed by atoms with Gasteiger partial charge in [0.15, 0.2) is 17.7 Å². The second kappa shape index (κ2) is 10.5. The quantitative estimate of drug-likeness (QED) is 0.363. The number of carbonyl (C=O) groups excluding carboxylic acids is 1. The Morgan fingerprint density at radius 3 is 2.31 bits per heavy atom. The fraction of sp³-hybridized carbons (Fsp3) is 0.450. The van der Waals surface area contributed by atoms with Gasteiger partial charge in [-0.3, -0.25) is 0 Å². The summed E-state index contributed by atoms with van der Waals surface area (Å²) in [6.07, 6.45) is 5.61. The number of benzene rings is 1. The molecule has 0 aliphatic carbocycles. The van der Waals surface area contributed by atoms with Crippen LogP contribution in [0.4, 0.5) is 0 Å². The minimum absolute atomic E-state index is 0.400. The molecule has 0 aliphatic rings. The Kier molecular flexibility index (Phi) is 8.02. The third-order valence-corrected chi connectivity index (χ3v) is 3.63. The van der Waals surface area contributed by atoms with E-state index in [0.29, 0.717) is 30.5 Å². The van der Waals surface area contributed by atoms with Crippen molar-refractivity contribution in [2.45, 2.75) is 46.1 Å². The van der Waals surface area contributed by atoms with E-state index in [4.69, 9.17) is 14.2 Å². The van der Waals surface area contributed by atoms with Crippen molar-refractivity contribution in [1.82, 2.24) is 9.97 Å². The lowest BCUT2D eigenvalue weighted by atomic mass is 10.2. The van der Waals surface area contributed by atoms with E-state index in [2.05, 4.69) is 16.9 Å². The SMILES string of the molecule is CCCCOC(C)C(=O)Oc1ccc(-c2ncc(OCCC)cn2)cc1. The van der Waals surface area contributed by atoms with Gasteiger partial charge in [-0.15, -0.1) is 0 Å². The molecule has 0 N–H and O–H groups in total. The standard InChI is InChI=1S/C20H26N2O4/c1-4-6-12-24-15(3)20(23)26-17-9-7-16(8-10-17)19-21-13-18(14-22-19)25-11-5-2/h7-10,13-15H,4-6,11-12H2,1-3H3. The minimum atomic E-state index is -0.583. The Bertz CT molecular complexity index is 671. The van der Waals surface area contributed by atoms with Gasteiger partial charge in [-0.25, -0.2) is 14.8 Å². The highest BCUT2D eigenvalue weighted by atomic mass is 16.6. The van der Waals surface area contributed by atoms with Crippen LogP contribution < -0.4 is 9.47 Å². The lowest BCUT2D eigenvalue weighted by Crippen LogP contribution is -2.26. The first-order chi connectivity index (χ1) is 12.6. The molecule has 1 heterocycles. The normalized spacial score (nSPS) is 11.8. The summed E-state index contributed by atoms with van der Waals surface area (Å²) in [5, 5.41) is 0. The third-order valence-electron chi connectivity index (χ3n) is 3.63. The number of rotatable bonds is 10. The minimum Gasteiger partial charge on any atom is -0.490 e. The number of unbranched alkanes of at least 4 members (excludes halogenated alkanes) is 1. The van der Waals surface area contributed by atoms with Crippen molar-refractivity contribution in [1.29, 1.82) is 0 Å². The Labute approximate surface area is 154 Å². The van der Waals surface area contributed by atoms with Crippen molar-refractivity contribution >= 4 is 5.97 Å². The first-order valence-electron chi connectivity index (χ1n) is 9.02. The highest BCUT2D eigenvalue weighted by Gasteiger charge is 2.15. The molecule has 0 saturated heterocycles. The van der Waals surface area contributed by atoms with Crippen molar-refractivity contribution in [3.8, 4) is 22.9 Å². The highest BCUT2D eigenvalue weighted by Crippen LogP contribution is 2.21. The van der Waals surface area contributed by atoms with E-state index in [9.17, 15) is 4.79 Å². The van der Waals surface area contributed by atoms with Gasteiger partial charge in [0, 0.05) is 12.2 Å². The second-order valence-corrected chi connectivity index (χ2v) is 5.90. The van der Waals surface area contributed by atoms with Crippen molar-refractivity contribution in [3.63, 3.8) is 0 Å². The van der Waals surface area contributed by atoms with Crippen LogP contribution in [0.25, 0.3) is 11.4 Å². The summed E-state index contributed by atoms with van der Waals surface area (Å²) < 4.78 is 16.3. The molecule has 1 aromatic heterocycles. The molecule has 26 heavy (non-hydrogen) atoms. The number of carbonyl (C=O) groups is 1. The molecule has 0 bridgehead atoms. The van der Waals surface area contributed by atoms with Gasteiger partial charge < -0.3 is 14.2 Å². The van der Waals surface area contributed by atoms with Crippen LogP contribution in [0.5, 0.6) is 11.5 Å². The predicted molar refractivity (Wildman–Crippen MR) is 99.2 cm³/mol. The molecular formula is C20H26N2O4. The first kappa shape index (κ1) is 19.8. The zero-order valence-electron chi connectivity index (χ0n) is 15.6. The van der Waals surface area contributed by atoms with E-state index < -0.39 is 12.1 Å². The number of hydrogen-bond donors (Lipinski definition) is 0. The summed E-state index contributed by atoms with van der Waals surface area (Å²) in [6.45, 7) is 7.01. The Balaban J connectivity index is 1.92. The zero-order chi connectivity index (χ0) is 18.8. The maximum atomic E-state index is 12.0. The largest absolute Gasteiger partial charge is 0.490 e. The maximum Gasteiger partial charge on any atom is 0.340 e. The van der Waals surface area contributed by atoms with Gasteiger partial charge in [-0.05, 0) is 44.0 Å². The Hall–Kier alpha value is -2.47. The smallest absolute Gasteiger partial charge is 0.340 e. The van der Waals surface area contributed by atoms with Crippen LogP contribution >= 0.6 is 0 Å². The molecule has 1 unspecified atom stereocenters. The van der Waals surface area contributed by atoms with Gasteiger partial charge >= 0.3 is 5.97 Å². The van der Waals surface area contributed by atoms with Gasteiger partial charge in [-0.1, -0.05) is 20.3 Å². The van der Waals surface area contributed by atoms with Crippen LogP contribution in [0.3, 0.4) is 0 Å². The van der Waals surface area contributed by atoms with Crippen LogP contribution in [0.15, 0.2) is 36.7 Å². The Morgan fingerprint density at radius 2 is 1.69 bits per heavy atom. The molecule has 1 atom stereocenters. The first-order valence-corrected chi connectivity index (χ1v) is 9.02. The van der Waals surface area contributed by atoms with Crippen LogP contribution in [0.2, 0.25) is 0 Å². The van der Waals surface area contributed by atoms with E-state index in [0.717, 1.165) is 24.8 Å². The third kappa shape index (κ3) is 6.11. The van der Waals surface area contributed by atoms with Gasteiger partial charge in [0.1, 0.15) is 5.75 Å². The van der Waals surface area contributed by atoms with Gasteiger partial charge in [0.25, 0.3) is 0 Å². The molecule has 0 saturated carbocycles. The van der Waals surface area contributed by atoms with Crippen molar-refractivity contribution in [2.24, 2.45) is 0 Å². The molecule has 2 rings (SSSR count). The van der Waals surface area contributed by atoms with Crippen molar-refractivity contribution in [3.05, 3.63) is 36.7 Å². The van der Waals surface area contributed by atoms with Crippen LogP contribution in [0, 0.1) is 0 Å². The molecule has 0 fully saturated rings. The summed E-state index contributed by atoms with van der Waals surface area (Å²) in [5.74, 6) is 1.30. The molecule has 2 aromatic rings. The summed E-state index contributed by atoms with van der Waals surface area (Å²) >= 11 is 0. The molecular weight excluding hydrogens is 332 g/mol. The molecule has 0 radical (unpaired) electrons. The topological polar surface area (TPSA) is 70.5 Å². The van der Waals surface area contributed by atoms with Crippen LogP contribution in [-0.4, -0.2) is 35.3 Å². The van der Waals surface area contributed by atoms with Crippen molar-refractivity contribution in [2.75, 3.05) is 13.2 Å². The van der Waals surface area contributed by atoms with E-state index in [1.807, 2.05) is 19.1 Å². The molecule has 6 heteroatoms. The summed E-state index contributed by atoms with van der Waals surface area (Å²) in [4.78, 5) is 20.6. The number of nitrogens with zero attached hydrogens (tertiary/aromatic N) is 2. The second-order valence-electron chi connectivity index (χ2n) is 5.90. The van der Waals surface area contributed by atoms with Crippen LogP contribution in [0.1, 0.15) is 40.0 Å². The predicted octanol–water partition coefficient (Wildman–Crippen LogP) is 4.04. The van der Waals surface area contributed by atoms with E-state index in [1.165, 1.54) is 0 Å². The molecule has 0 spiro atoms. The molecule has 140 valence electrons. The monoisotopic (exact) mass is 358 g/mol. The summed E-state index contributed by atoms with van der Waals surface area (Å²) in [5.41, 5.74) is 0.832. The highest BCUT2D eigenvalue weighted by molar-refractivity contribution is 5.77. The van der Waals surface area contributed by atoms with Gasteiger partial charge in [-0.2, -0.15) is 0 Å².